The van der Waals surface area contributed by atoms with Crippen molar-refractivity contribution in [3.05, 3.63) is 90.0 Å². The predicted molar refractivity (Wildman–Crippen MR) is 118 cm³/mol. The summed E-state index contributed by atoms with van der Waals surface area (Å²) in [6, 6.07) is 19.3. The molecule has 0 saturated carbocycles. The van der Waals surface area contributed by atoms with Crippen LogP contribution in [-0.2, 0) is 19.4 Å². The molecule has 0 atom stereocenters. The van der Waals surface area contributed by atoms with E-state index in [9.17, 15) is 4.79 Å². The van der Waals surface area contributed by atoms with Crippen molar-refractivity contribution in [1.29, 1.82) is 0 Å². The molecule has 0 aliphatic heterocycles. The summed E-state index contributed by atoms with van der Waals surface area (Å²) in [6.07, 6.45) is 6.49. The summed E-state index contributed by atoms with van der Waals surface area (Å²) < 4.78 is 9.53. The zero-order valence-corrected chi connectivity index (χ0v) is 17.1. The minimum absolute atomic E-state index is 0.193. The average Bonchev–Trinajstić information content (AvgIpc) is 3.53. The van der Waals surface area contributed by atoms with E-state index in [1.807, 2.05) is 76.2 Å². The van der Waals surface area contributed by atoms with Crippen LogP contribution in [-0.4, -0.2) is 32.1 Å². The van der Waals surface area contributed by atoms with Gasteiger partial charge in [-0.05, 0) is 49.6 Å². The second kappa shape index (κ2) is 8.47. The first kappa shape index (κ1) is 19.1. The number of carbonyl (C=O) groups excluding carboxylic acids is 1. The number of hydrogen-bond acceptors (Lipinski definition) is 4. The van der Waals surface area contributed by atoms with Crippen molar-refractivity contribution in [1.82, 2.24) is 19.6 Å². The van der Waals surface area contributed by atoms with Gasteiger partial charge in [-0.2, -0.15) is 10.2 Å². The van der Waals surface area contributed by atoms with Crippen LogP contribution in [0, 0.1) is 0 Å². The van der Waals surface area contributed by atoms with Crippen LogP contribution in [0.25, 0.3) is 5.69 Å². The van der Waals surface area contributed by atoms with Gasteiger partial charge in [0.1, 0.15) is 12.4 Å². The summed E-state index contributed by atoms with van der Waals surface area (Å²) in [5.41, 5.74) is 4.34. The van der Waals surface area contributed by atoms with Crippen LogP contribution in [0.2, 0.25) is 0 Å². The molecule has 0 unspecified atom stereocenters. The number of fused-ring (bicyclic) bond motifs is 1. The predicted octanol–water partition coefficient (Wildman–Crippen LogP) is 3.89. The van der Waals surface area contributed by atoms with Crippen molar-refractivity contribution in [2.24, 2.45) is 0 Å². The lowest BCUT2D eigenvalue weighted by atomic mass is 10.2. The fraction of sp³-hybridized carbons (Fsp3) is 0.208. The standard InChI is InChI=1S/C24H23N5O2/c30-24(23-21-11-5-12-22(21)29(27-23)19-8-2-1-3-9-19)26-18-7-4-10-20(17-18)31-16-15-28-14-6-13-25-28/h1-4,6-10,13-14,17H,5,11-12,15-16H2,(H,26,30). The van der Waals surface area contributed by atoms with Gasteiger partial charge in [0.15, 0.2) is 5.69 Å². The summed E-state index contributed by atoms with van der Waals surface area (Å²) in [5.74, 6) is 0.506. The number of rotatable bonds is 7. The molecule has 5 rings (SSSR count). The summed E-state index contributed by atoms with van der Waals surface area (Å²) in [5, 5.41) is 11.8. The van der Waals surface area contributed by atoms with Crippen LogP contribution in [0.15, 0.2) is 73.1 Å². The largest absolute Gasteiger partial charge is 0.492 e. The molecule has 2 aromatic carbocycles. The fourth-order valence-corrected chi connectivity index (χ4v) is 3.95. The molecular weight excluding hydrogens is 390 g/mol. The molecule has 0 saturated heterocycles. The van der Waals surface area contributed by atoms with Crippen LogP contribution in [0.4, 0.5) is 5.69 Å². The van der Waals surface area contributed by atoms with Gasteiger partial charge in [0.2, 0.25) is 0 Å². The minimum Gasteiger partial charge on any atom is -0.492 e. The lowest BCUT2D eigenvalue weighted by Crippen LogP contribution is -2.15. The van der Waals surface area contributed by atoms with E-state index in [1.165, 1.54) is 0 Å². The number of nitrogens with one attached hydrogen (secondary N) is 1. The second-order valence-corrected chi connectivity index (χ2v) is 7.47. The van der Waals surface area contributed by atoms with Gasteiger partial charge in [-0.25, -0.2) is 4.68 Å². The number of ether oxygens (including phenoxy) is 1. The van der Waals surface area contributed by atoms with Crippen molar-refractivity contribution in [2.75, 3.05) is 11.9 Å². The number of hydrogen-bond donors (Lipinski definition) is 1. The van der Waals surface area contributed by atoms with Crippen molar-refractivity contribution in [2.45, 2.75) is 25.8 Å². The molecule has 31 heavy (non-hydrogen) atoms. The first-order valence-electron chi connectivity index (χ1n) is 10.5. The molecule has 1 aliphatic rings. The highest BCUT2D eigenvalue weighted by atomic mass is 16.5. The van der Waals surface area contributed by atoms with Gasteiger partial charge in [0, 0.05) is 35.4 Å². The number of anilines is 1. The number of nitrogens with zero attached hydrogens (tertiary/aromatic N) is 4. The maximum absolute atomic E-state index is 13.1. The molecule has 7 heteroatoms. The van der Waals surface area contributed by atoms with E-state index in [0.717, 1.165) is 36.2 Å². The monoisotopic (exact) mass is 413 g/mol. The zero-order valence-electron chi connectivity index (χ0n) is 17.1. The smallest absolute Gasteiger partial charge is 0.276 e. The molecule has 156 valence electrons. The molecule has 0 bridgehead atoms. The molecule has 1 N–H and O–H groups in total. The van der Waals surface area contributed by atoms with E-state index in [2.05, 4.69) is 15.5 Å². The Hall–Kier alpha value is -3.87. The topological polar surface area (TPSA) is 74.0 Å². The van der Waals surface area contributed by atoms with E-state index in [-0.39, 0.29) is 5.91 Å². The van der Waals surface area contributed by atoms with E-state index in [1.54, 1.807) is 6.20 Å². The molecule has 2 heterocycles. The quantitative estimate of drug-likeness (QED) is 0.499. The Morgan fingerprint density at radius 2 is 1.97 bits per heavy atom. The third-order valence-corrected chi connectivity index (χ3v) is 5.39. The van der Waals surface area contributed by atoms with E-state index in [4.69, 9.17) is 4.74 Å². The van der Waals surface area contributed by atoms with Gasteiger partial charge in [0.25, 0.3) is 5.91 Å². The first-order valence-corrected chi connectivity index (χ1v) is 10.5. The minimum atomic E-state index is -0.193. The van der Waals surface area contributed by atoms with Gasteiger partial charge in [-0.1, -0.05) is 24.3 Å². The van der Waals surface area contributed by atoms with Gasteiger partial charge in [0.05, 0.1) is 12.2 Å². The summed E-state index contributed by atoms with van der Waals surface area (Å²) >= 11 is 0. The Kier molecular flexibility index (Phi) is 5.22. The van der Waals surface area contributed by atoms with Crippen molar-refractivity contribution in [3.63, 3.8) is 0 Å². The van der Waals surface area contributed by atoms with E-state index in [0.29, 0.717) is 30.3 Å². The molecule has 0 fully saturated rings. The van der Waals surface area contributed by atoms with E-state index >= 15 is 0 Å². The maximum Gasteiger partial charge on any atom is 0.276 e. The lowest BCUT2D eigenvalue weighted by Gasteiger charge is -2.09. The van der Waals surface area contributed by atoms with Crippen LogP contribution in [0.1, 0.15) is 28.2 Å². The lowest BCUT2D eigenvalue weighted by molar-refractivity contribution is 0.102. The van der Waals surface area contributed by atoms with Gasteiger partial charge in [-0.15, -0.1) is 0 Å². The average molecular weight is 413 g/mol. The van der Waals surface area contributed by atoms with Crippen LogP contribution < -0.4 is 10.1 Å². The molecule has 7 nitrogen and oxygen atoms in total. The molecule has 1 amide bonds. The normalized spacial score (nSPS) is 12.5. The summed E-state index contributed by atoms with van der Waals surface area (Å²) in [4.78, 5) is 13.1. The first-order chi connectivity index (χ1) is 15.3. The molecule has 4 aromatic rings. The Balaban J connectivity index is 1.30. The SMILES string of the molecule is O=C(Nc1cccc(OCCn2cccn2)c1)c1nn(-c2ccccc2)c2c1CCC2. The Morgan fingerprint density at radius 3 is 2.81 bits per heavy atom. The number of benzene rings is 2. The summed E-state index contributed by atoms with van der Waals surface area (Å²) in [7, 11) is 0. The number of para-hydroxylation sites is 1. The van der Waals surface area contributed by atoms with E-state index < -0.39 is 0 Å². The molecule has 2 aromatic heterocycles. The van der Waals surface area contributed by atoms with Crippen molar-refractivity contribution >= 4 is 11.6 Å². The Bertz CT molecular complexity index is 1180. The molecule has 0 spiro atoms. The number of carbonyl (C=O) groups is 1. The molecular formula is C24H23N5O2. The van der Waals surface area contributed by atoms with Crippen LogP contribution in [0.5, 0.6) is 5.75 Å². The maximum atomic E-state index is 13.1. The third kappa shape index (κ3) is 4.07. The zero-order chi connectivity index (χ0) is 21.0. The Labute approximate surface area is 180 Å². The van der Waals surface area contributed by atoms with Crippen LogP contribution >= 0.6 is 0 Å². The van der Waals surface area contributed by atoms with Crippen LogP contribution in [0.3, 0.4) is 0 Å². The van der Waals surface area contributed by atoms with Gasteiger partial charge in [-0.3, -0.25) is 9.48 Å². The van der Waals surface area contributed by atoms with Gasteiger partial charge < -0.3 is 10.1 Å². The molecule has 1 aliphatic carbocycles. The Morgan fingerprint density at radius 1 is 1.06 bits per heavy atom. The van der Waals surface area contributed by atoms with Crippen molar-refractivity contribution < 1.29 is 9.53 Å². The highest BCUT2D eigenvalue weighted by molar-refractivity contribution is 6.04. The van der Waals surface area contributed by atoms with Gasteiger partial charge >= 0.3 is 0 Å². The highest BCUT2D eigenvalue weighted by Crippen LogP contribution is 2.28. The third-order valence-electron chi connectivity index (χ3n) is 5.39. The summed E-state index contributed by atoms with van der Waals surface area (Å²) in [6.45, 7) is 1.15. The van der Waals surface area contributed by atoms with Crippen molar-refractivity contribution in [3.8, 4) is 11.4 Å². The fourth-order valence-electron chi connectivity index (χ4n) is 3.95. The molecule has 0 radical (unpaired) electrons. The highest BCUT2D eigenvalue weighted by Gasteiger charge is 2.27. The second-order valence-electron chi connectivity index (χ2n) is 7.47. The number of amides is 1. The number of aromatic nitrogens is 4.